The van der Waals surface area contributed by atoms with Gasteiger partial charge >= 0.3 is 6.03 Å². The number of aliphatic hydroxyl groups is 1. The molecule has 2 heterocycles. The van der Waals surface area contributed by atoms with Crippen molar-refractivity contribution in [1.82, 2.24) is 15.2 Å². The summed E-state index contributed by atoms with van der Waals surface area (Å²) in [5, 5.41) is 14.4. The van der Waals surface area contributed by atoms with Crippen molar-refractivity contribution in [3.05, 3.63) is 35.0 Å². The minimum atomic E-state index is -0.288. The molecule has 0 spiro atoms. The number of benzene rings is 1. The van der Waals surface area contributed by atoms with Crippen LogP contribution < -0.4 is 5.32 Å². The van der Waals surface area contributed by atoms with Crippen molar-refractivity contribution in [2.75, 3.05) is 19.6 Å². The van der Waals surface area contributed by atoms with Crippen LogP contribution in [0.4, 0.5) is 4.79 Å². The van der Waals surface area contributed by atoms with E-state index < -0.39 is 0 Å². The largest absolute Gasteiger partial charge is 0.393 e. The number of urea groups is 1. The van der Waals surface area contributed by atoms with Crippen LogP contribution in [-0.2, 0) is 6.42 Å². The van der Waals surface area contributed by atoms with Crippen LogP contribution >= 0.6 is 11.6 Å². The first kappa shape index (κ1) is 17.1. The second-order valence-electron chi connectivity index (χ2n) is 6.55. The van der Waals surface area contributed by atoms with Crippen LogP contribution in [0.3, 0.4) is 0 Å². The number of aliphatic hydroxyl groups excluding tert-OH is 1. The number of H-pyrrole nitrogens is 1. The highest BCUT2D eigenvalue weighted by Gasteiger charge is 2.25. The number of likely N-dealkylation sites (tertiary alicyclic amines) is 1. The van der Waals surface area contributed by atoms with Crippen LogP contribution in [0.15, 0.2) is 24.4 Å². The summed E-state index contributed by atoms with van der Waals surface area (Å²) < 4.78 is 0. The standard InChI is InChI=1S/C18H24ClN3O2/c1-12(23)13-5-8-22(9-6-13)18(24)20-7-4-14-11-21-17-3-2-15(19)10-16(14)17/h2-3,10-13,21,23H,4-9H2,1H3,(H,20,24). The second-order valence-corrected chi connectivity index (χ2v) is 6.99. The highest BCUT2D eigenvalue weighted by atomic mass is 35.5. The van der Waals surface area contributed by atoms with Gasteiger partial charge in [-0.05, 0) is 55.9 Å². The molecule has 1 aromatic heterocycles. The van der Waals surface area contributed by atoms with Gasteiger partial charge in [-0.1, -0.05) is 11.6 Å². The van der Waals surface area contributed by atoms with E-state index in [1.54, 1.807) is 0 Å². The van der Waals surface area contributed by atoms with E-state index in [2.05, 4.69) is 10.3 Å². The Bertz CT molecular complexity index is 705. The molecule has 3 N–H and O–H groups in total. The van der Waals surface area contributed by atoms with Crippen LogP contribution in [0.5, 0.6) is 0 Å². The lowest BCUT2D eigenvalue weighted by molar-refractivity contribution is 0.0799. The van der Waals surface area contributed by atoms with E-state index in [0.717, 1.165) is 35.7 Å². The number of aromatic amines is 1. The lowest BCUT2D eigenvalue weighted by Gasteiger charge is -2.33. The predicted molar refractivity (Wildman–Crippen MR) is 96.4 cm³/mol. The molecule has 1 aliphatic heterocycles. The maximum atomic E-state index is 12.2. The molecule has 1 aromatic carbocycles. The van der Waals surface area contributed by atoms with Gasteiger partial charge in [0.15, 0.2) is 0 Å². The Morgan fingerprint density at radius 3 is 2.92 bits per heavy atom. The summed E-state index contributed by atoms with van der Waals surface area (Å²) in [7, 11) is 0. The molecule has 130 valence electrons. The molecule has 5 nitrogen and oxygen atoms in total. The zero-order valence-electron chi connectivity index (χ0n) is 13.9. The van der Waals surface area contributed by atoms with Crippen molar-refractivity contribution < 1.29 is 9.90 Å². The van der Waals surface area contributed by atoms with Gasteiger partial charge in [-0.3, -0.25) is 0 Å². The monoisotopic (exact) mass is 349 g/mol. The normalized spacial score (nSPS) is 17.2. The summed E-state index contributed by atoms with van der Waals surface area (Å²) >= 11 is 6.06. The molecule has 1 fully saturated rings. The fourth-order valence-electron chi connectivity index (χ4n) is 3.36. The zero-order valence-corrected chi connectivity index (χ0v) is 14.6. The number of amides is 2. The van der Waals surface area contributed by atoms with Gasteiger partial charge in [0, 0.05) is 41.8 Å². The Morgan fingerprint density at radius 2 is 2.21 bits per heavy atom. The third kappa shape index (κ3) is 3.84. The summed E-state index contributed by atoms with van der Waals surface area (Å²) in [5.41, 5.74) is 2.21. The van der Waals surface area contributed by atoms with E-state index in [1.165, 1.54) is 0 Å². The van der Waals surface area contributed by atoms with Gasteiger partial charge in [-0.25, -0.2) is 4.79 Å². The van der Waals surface area contributed by atoms with E-state index in [-0.39, 0.29) is 12.1 Å². The number of nitrogens with zero attached hydrogens (tertiary/aromatic N) is 1. The number of aromatic nitrogens is 1. The van der Waals surface area contributed by atoms with Crippen LogP contribution in [-0.4, -0.2) is 46.8 Å². The van der Waals surface area contributed by atoms with Gasteiger partial charge in [-0.15, -0.1) is 0 Å². The Kier molecular flexibility index (Phi) is 5.31. The number of nitrogens with one attached hydrogen (secondary N) is 2. The molecule has 0 bridgehead atoms. The summed E-state index contributed by atoms with van der Waals surface area (Å²) in [6.45, 7) is 3.84. The molecule has 0 aliphatic carbocycles. The molecule has 0 saturated carbocycles. The Morgan fingerprint density at radius 1 is 1.46 bits per heavy atom. The smallest absolute Gasteiger partial charge is 0.317 e. The fraction of sp³-hybridized carbons (Fsp3) is 0.500. The number of carbonyl (C=O) groups is 1. The van der Waals surface area contributed by atoms with Crippen LogP contribution in [0.2, 0.25) is 5.02 Å². The van der Waals surface area contributed by atoms with Crippen molar-refractivity contribution in [3.8, 4) is 0 Å². The van der Waals surface area contributed by atoms with Gasteiger partial charge in [-0.2, -0.15) is 0 Å². The van der Waals surface area contributed by atoms with Crippen molar-refractivity contribution in [3.63, 3.8) is 0 Å². The summed E-state index contributed by atoms with van der Waals surface area (Å²) in [6.07, 6.45) is 4.18. The van der Waals surface area contributed by atoms with Gasteiger partial charge in [0.2, 0.25) is 0 Å². The van der Waals surface area contributed by atoms with Crippen molar-refractivity contribution in [2.45, 2.75) is 32.3 Å². The average Bonchev–Trinajstić information content (AvgIpc) is 2.97. The van der Waals surface area contributed by atoms with E-state index >= 15 is 0 Å². The SMILES string of the molecule is CC(O)C1CCN(C(=O)NCCc2c[nH]c3ccc(Cl)cc23)CC1. The molecule has 1 saturated heterocycles. The third-order valence-corrected chi connectivity index (χ3v) is 5.14. The van der Waals surface area contributed by atoms with E-state index in [9.17, 15) is 9.90 Å². The number of fused-ring (bicyclic) bond motifs is 1. The van der Waals surface area contributed by atoms with Crippen molar-refractivity contribution in [2.24, 2.45) is 5.92 Å². The third-order valence-electron chi connectivity index (χ3n) is 4.91. The molecule has 2 amide bonds. The molecule has 1 unspecified atom stereocenters. The van der Waals surface area contributed by atoms with Crippen molar-refractivity contribution in [1.29, 1.82) is 0 Å². The molecule has 2 aromatic rings. The van der Waals surface area contributed by atoms with Gasteiger partial charge in [0.05, 0.1) is 6.10 Å². The number of carbonyl (C=O) groups excluding carboxylic acids is 1. The minimum Gasteiger partial charge on any atom is -0.393 e. The molecule has 6 heteroatoms. The molecule has 1 atom stereocenters. The lowest BCUT2D eigenvalue weighted by atomic mass is 9.92. The Hall–Kier alpha value is -1.72. The number of piperidine rings is 1. The molecule has 3 rings (SSSR count). The summed E-state index contributed by atoms with van der Waals surface area (Å²) in [5.74, 6) is 0.310. The first-order chi connectivity index (χ1) is 11.5. The Balaban J connectivity index is 1.49. The number of hydrogen-bond acceptors (Lipinski definition) is 2. The van der Waals surface area contributed by atoms with E-state index in [0.29, 0.717) is 30.6 Å². The first-order valence-corrected chi connectivity index (χ1v) is 8.89. The van der Waals surface area contributed by atoms with Crippen LogP contribution in [0.1, 0.15) is 25.3 Å². The average molecular weight is 350 g/mol. The molecule has 1 aliphatic rings. The maximum absolute atomic E-state index is 12.2. The number of halogens is 1. The molecular weight excluding hydrogens is 326 g/mol. The van der Waals surface area contributed by atoms with Crippen LogP contribution in [0.25, 0.3) is 10.9 Å². The minimum absolute atomic E-state index is 0.0167. The predicted octanol–water partition coefficient (Wildman–Crippen LogP) is 3.17. The number of hydrogen-bond donors (Lipinski definition) is 3. The fourth-order valence-corrected chi connectivity index (χ4v) is 3.53. The van der Waals surface area contributed by atoms with Gasteiger partial charge < -0.3 is 20.3 Å². The van der Waals surface area contributed by atoms with E-state index in [4.69, 9.17) is 11.6 Å². The van der Waals surface area contributed by atoms with Crippen molar-refractivity contribution >= 4 is 28.5 Å². The second kappa shape index (κ2) is 7.45. The summed E-state index contributed by atoms with van der Waals surface area (Å²) in [4.78, 5) is 17.3. The maximum Gasteiger partial charge on any atom is 0.317 e. The zero-order chi connectivity index (χ0) is 17.1. The van der Waals surface area contributed by atoms with Crippen LogP contribution in [0, 0.1) is 5.92 Å². The quantitative estimate of drug-likeness (QED) is 0.793. The molecule has 24 heavy (non-hydrogen) atoms. The Labute approximate surface area is 147 Å². The van der Waals surface area contributed by atoms with Gasteiger partial charge in [0.25, 0.3) is 0 Å². The molecule has 0 radical (unpaired) electrons. The highest BCUT2D eigenvalue weighted by Crippen LogP contribution is 2.23. The molecular formula is C18H24ClN3O2. The lowest BCUT2D eigenvalue weighted by Crippen LogP contribution is -2.46. The summed E-state index contributed by atoms with van der Waals surface area (Å²) in [6, 6.07) is 5.76. The topological polar surface area (TPSA) is 68.4 Å². The van der Waals surface area contributed by atoms with E-state index in [1.807, 2.05) is 36.2 Å². The highest BCUT2D eigenvalue weighted by molar-refractivity contribution is 6.31. The number of rotatable bonds is 4. The van der Waals surface area contributed by atoms with Gasteiger partial charge in [0.1, 0.15) is 0 Å². The first-order valence-electron chi connectivity index (χ1n) is 8.51.